The van der Waals surface area contributed by atoms with Crippen LogP contribution in [-0.2, 0) is 0 Å². The molecule has 3 unspecified atom stereocenters. The van der Waals surface area contributed by atoms with E-state index in [1.807, 2.05) is 30.3 Å². The molecule has 1 aliphatic carbocycles. The first kappa shape index (κ1) is 12.6. The number of aromatic nitrogens is 1. The second-order valence-electron chi connectivity index (χ2n) is 6.14. The number of pyridine rings is 1. The number of anilines is 1. The first-order chi connectivity index (χ1) is 10.3. The van der Waals surface area contributed by atoms with Crippen LogP contribution in [-0.4, -0.2) is 29.3 Å². The molecule has 0 amide bonds. The summed E-state index contributed by atoms with van der Waals surface area (Å²) in [7, 11) is 0. The van der Waals surface area contributed by atoms with Crippen LogP contribution in [0.5, 0.6) is 0 Å². The van der Waals surface area contributed by atoms with Crippen LogP contribution in [0.25, 0.3) is 10.9 Å². The number of hydrogen-bond acceptors (Lipinski definition) is 4. The SMILES string of the molecule is N#Cc1cc2ccccc2nc1N1CC2CCC(O)C2C1. The van der Waals surface area contributed by atoms with Gasteiger partial charge in [0.1, 0.15) is 11.9 Å². The van der Waals surface area contributed by atoms with Crippen molar-refractivity contribution in [1.82, 2.24) is 4.98 Å². The number of nitriles is 1. The highest BCUT2D eigenvalue weighted by atomic mass is 16.3. The molecule has 0 spiro atoms. The number of aliphatic hydroxyl groups is 1. The van der Waals surface area contributed by atoms with Crippen molar-refractivity contribution in [3.63, 3.8) is 0 Å². The highest BCUT2D eigenvalue weighted by molar-refractivity contribution is 5.83. The zero-order chi connectivity index (χ0) is 14.4. The van der Waals surface area contributed by atoms with Gasteiger partial charge in [0.2, 0.25) is 0 Å². The minimum absolute atomic E-state index is 0.189. The van der Waals surface area contributed by atoms with Crippen molar-refractivity contribution in [2.75, 3.05) is 18.0 Å². The van der Waals surface area contributed by atoms with Crippen molar-refractivity contribution in [3.8, 4) is 6.07 Å². The van der Waals surface area contributed by atoms with Crippen molar-refractivity contribution >= 4 is 16.7 Å². The summed E-state index contributed by atoms with van der Waals surface area (Å²) in [4.78, 5) is 6.89. The van der Waals surface area contributed by atoms with E-state index in [-0.39, 0.29) is 6.10 Å². The Morgan fingerprint density at radius 1 is 1.24 bits per heavy atom. The lowest BCUT2D eigenvalue weighted by molar-refractivity contribution is 0.133. The number of rotatable bonds is 1. The van der Waals surface area contributed by atoms with Gasteiger partial charge in [0.25, 0.3) is 0 Å². The third-order valence-electron chi connectivity index (χ3n) is 4.94. The lowest BCUT2D eigenvalue weighted by Crippen LogP contribution is -2.25. The molecule has 4 nitrogen and oxygen atoms in total. The van der Waals surface area contributed by atoms with Crippen LogP contribution in [0.3, 0.4) is 0 Å². The molecule has 106 valence electrons. The second-order valence-corrected chi connectivity index (χ2v) is 6.14. The van der Waals surface area contributed by atoms with E-state index >= 15 is 0 Å². The molecular formula is C17H17N3O. The van der Waals surface area contributed by atoms with E-state index in [0.29, 0.717) is 17.4 Å². The number of fused-ring (bicyclic) bond motifs is 2. The van der Waals surface area contributed by atoms with Gasteiger partial charge < -0.3 is 10.0 Å². The molecule has 1 aromatic carbocycles. The smallest absolute Gasteiger partial charge is 0.147 e. The average Bonchev–Trinajstić information content (AvgIpc) is 3.08. The number of para-hydroxylation sites is 1. The van der Waals surface area contributed by atoms with Gasteiger partial charge in [-0.3, -0.25) is 0 Å². The Hall–Kier alpha value is -2.12. The lowest BCUT2D eigenvalue weighted by atomic mass is 10.00. The van der Waals surface area contributed by atoms with Crippen LogP contribution in [0.4, 0.5) is 5.82 Å². The van der Waals surface area contributed by atoms with Gasteiger partial charge in [0.05, 0.1) is 17.2 Å². The number of nitrogens with zero attached hydrogens (tertiary/aromatic N) is 3. The minimum atomic E-state index is -0.189. The fraction of sp³-hybridized carbons (Fsp3) is 0.412. The third-order valence-corrected chi connectivity index (χ3v) is 4.94. The summed E-state index contributed by atoms with van der Waals surface area (Å²) in [6, 6.07) is 12.1. The summed E-state index contributed by atoms with van der Waals surface area (Å²) >= 11 is 0. The molecule has 4 rings (SSSR count). The van der Waals surface area contributed by atoms with Crippen LogP contribution >= 0.6 is 0 Å². The summed E-state index contributed by atoms with van der Waals surface area (Å²) in [6.07, 6.45) is 1.81. The number of aliphatic hydroxyl groups excluding tert-OH is 1. The normalized spacial score (nSPS) is 27.8. The summed E-state index contributed by atoms with van der Waals surface area (Å²) in [5.74, 6) is 1.66. The molecule has 4 heteroatoms. The highest BCUT2D eigenvalue weighted by Gasteiger charge is 2.42. The maximum Gasteiger partial charge on any atom is 0.147 e. The van der Waals surface area contributed by atoms with Crippen molar-refractivity contribution in [3.05, 3.63) is 35.9 Å². The van der Waals surface area contributed by atoms with Gasteiger partial charge in [0, 0.05) is 24.4 Å². The van der Waals surface area contributed by atoms with Crippen LogP contribution in [0.15, 0.2) is 30.3 Å². The van der Waals surface area contributed by atoms with Gasteiger partial charge in [-0.15, -0.1) is 0 Å². The second kappa shape index (κ2) is 4.71. The molecule has 2 heterocycles. The largest absolute Gasteiger partial charge is 0.393 e. The van der Waals surface area contributed by atoms with Gasteiger partial charge in [-0.25, -0.2) is 4.98 Å². The van der Waals surface area contributed by atoms with Crippen molar-refractivity contribution in [2.24, 2.45) is 11.8 Å². The zero-order valence-corrected chi connectivity index (χ0v) is 11.7. The highest BCUT2D eigenvalue weighted by Crippen LogP contribution is 2.40. The molecule has 2 aromatic rings. The Kier molecular flexibility index (Phi) is 2.83. The Bertz CT molecular complexity index is 736. The van der Waals surface area contributed by atoms with Gasteiger partial charge in [-0.1, -0.05) is 18.2 Å². The van der Waals surface area contributed by atoms with E-state index in [4.69, 9.17) is 4.98 Å². The molecule has 2 fully saturated rings. The van der Waals surface area contributed by atoms with Crippen molar-refractivity contribution in [2.45, 2.75) is 18.9 Å². The summed E-state index contributed by atoms with van der Waals surface area (Å²) in [5, 5.41) is 20.5. The predicted octanol–water partition coefficient (Wildman–Crippen LogP) is 2.31. The minimum Gasteiger partial charge on any atom is -0.393 e. The Morgan fingerprint density at radius 2 is 2.10 bits per heavy atom. The van der Waals surface area contributed by atoms with Gasteiger partial charge >= 0.3 is 0 Å². The molecule has 1 aromatic heterocycles. The quantitative estimate of drug-likeness (QED) is 0.870. The first-order valence-corrected chi connectivity index (χ1v) is 7.49. The first-order valence-electron chi connectivity index (χ1n) is 7.49. The summed E-state index contributed by atoms with van der Waals surface area (Å²) in [5.41, 5.74) is 1.55. The monoisotopic (exact) mass is 279 g/mol. The molecule has 3 atom stereocenters. The Morgan fingerprint density at radius 3 is 2.90 bits per heavy atom. The summed E-state index contributed by atoms with van der Waals surface area (Å²) < 4.78 is 0. The number of benzene rings is 1. The lowest BCUT2D eigenvalue weighted by Gasteiger charge is -2.21. The molecule has 1 aliphatic heterocycles. The average molecular weight is 279 g/mol. The number of hydrogen-bond donors (Lipinski definition) is 1. The van der Waals surface area contributed by atoms with Crippen LogP contribution < -0.4 is 4.90 Å². The predicted molar refractivity (Wildman–Crippen MR) is 80.9 cm³/mol. The Balaban J connectivity index is 1.75. The fourth-order valence-corrected chi connectivity index (χ4v) is 3.84. The molecular weight excluding hydrogens is 262 g/mol. The standard InChI is InChI=1S/C17H17N3O/c18-8-13-7-11-3-1-2-4-15(11)19-17(13)20-9-12-5-6-16(21)14(12)10-20/h1-4,7,12,14,16,21H,5-6,9-10H2. The van der Waals surface area contributed by atoms with E-state index in [9.17, 15) is 10.4 Å². The maximum absolute atomic E-state index is 10.1. The molecule has 21 heavy (non-hydrogen) atoms. The van der Waals surface area contributed by atoms with E-state index in [0.717, 1.165) is 42.7 Å². The fourth-order valence-electron chi connectivity index (χ4n) is 3.84. The molecule has 2 aliphatic rings. The van der Waals surface area contributed by atoms with Crippen LogP contribution in [0.2, 0.25) is 0 Å². The van der Waals surface area contributed by atoms with Crippen molar-refractivity contribution < 1.29 is 5.11 Å². The van der Waals surface area contributed by atoms with E-state index in [2.05, 4.69) is 11.0 Å². The molecule has 0 bridgehead atoms. The molecule has 1 saturated heterocycles. The Labute approximate surface area is 123 Å². The van der Waals surface area contributed by atoms with Gasteiger partial charge in [-0.05, 0) is 30.9 Å². The summed E-state index contributed by atoms with van der Waals surface area (Å²) in [6.45, 7) is 1.72. The molecule has 0 radical (unpaired) electrons. The third kappa shape index (κ3) is 1.97. The topological polar surface area (TPSA) is 60.2 Å². The molecule has 1 saturated carbocycles. The van der Waals surface area contributed by atoms with Crippen molar-refractivity contribution in [1.29, 1.82) is 5.26 Å². The van der Waals surface area contributed by atoms with Crippen LogP contribution in [0, 0.1) is 23.2 Å². The van der Waals surface area contributed by atoms with E-state index in [1.165, 1.54) is 0 Å². The van der Waals surface area contributed by atoms with Gasteiger partial charge in [-0.2, -0.15) is 5.26 Å². The van der Waals surface area contributed by atoms with E-state index < -0.39 is 0 Å². The maximum atomic E-state index is 10.1. The van der Waals surface area contributed by atoms with Crippen LogP contribution in [0.1, 0.15) is 18.4 Å². The zero-order valence-electron chi connectivity index (χ0n) is 11.7. The molecule has 1 N–H and O–H groups in total. The van der Waals surface area contributed by atoms with Gasteiger partial charge in [0.15, 0.2) is 0 Å². The van der Waals surface area contributed by atoms with E-state index in [1.54, 1.807) is 0 Å².